The van der Waals surface area contributed by atoms with Gasteiger partial charge in [-0.1, -0.05) is 6.92 Å². The summed E-state index contributed by atoms with van der Waals surface area (Å²) in [5.41, 5.74) is 2.30. The Morgan fingerprint density at radius 2 is 2.15 bits per heavy atom. The third-order valence-corrected chi connectivity index (χ3v) is 5.28. The molecule has 6 heteroatoms. The first-order valence-corrected chi connectivity index (χ1v) is 9.61. The lowest BCUT2D eigenvalue weighted by Crippen LogP contribution is -2.39. The van der Waals surface area contributed by atoms with Gasteiger partial charge in [0.15, 0.2) is 0 Å². The topological polar surface area (TPSA) is 80.0 Å². The van der Waals surface area contributed by atoms with Crippen molar-refractivity contribution in [1.29, 1.82) is 0 Å². The Bertz CT molecular complexity index is 902. The molecule has 3 rings (SSSR count). The van der Waals surface area contributed by atoms with Crippen LogP contribution in [0.2, 0.25) is 0 Å². The number of hydrogen-bond donors (Lipinski definition) is 1. The van der Waals surface area contributed by atoms with Gasteiger partial charge >= 0.3 is 11.6 Å². The predicted octanol–water partition coefficient (Wildman–Crippen LogP) is 3.14. The van der Waals surface area contributed by atoms with Crippen molar-refractivity contribution >= 4 is 16.9 Å². The van der Waals surface area contributed by atoms with Crippen LogP contribution in [0.4, 0.5) is 0 Å². The van der Waals surface area contributed by atoms with Crippen molar-refractivity contribution in [1.82, 2.24) is 4.90 Å². The number of fused-ring (bicyclic) bond motifs is 1. The summed E-state index contributed by atoms with van der Waals surface area (Å²) in [5, 5.41) is 11.6. The van der Waals surface area contributed by atoms with Gasteiger partial charge in [-0.3, -0.25) is 9.69 Å². The summed E-state index contributed by atoms with van der Waals surface area (Å²) >= 11 is 0. The molecule has 2 aromatic rings. The quantitative estimate of drug-likeness (QED) is 0.641. The zero-order chi connectivity index (χ0) is 19.6. The summed E-state index contributed by atoms with van der Waals surface area (Å²) < 4.78 is 10.6. The molecule has 27 heavy (non-hydrogen) atoms. The van der Waals surface area contributed by atoms with Crippen LogP contribution in [0.1, 0.15) is 43.4 Å². The Hall–Kier alpha value is -2.34. The predicted molar refractivity (Wildman–Crippen MR) is 103 cm³/mol. The molecule has 1 N–H and O–H groups in total. The second-order valence-electron chi connectivity index (χ2n) is 7.17. The van der Waals surface area contributed by atoms with Crippen LogP contribution in [-0.4, -0.2) is 35.7 Å². The number of aromatic hydroxyl groups is 1. The second-order valence-corrected chi connectivity index (χ2v) is 7.17. The zero-order valence-electron chi connectivity index (χ0n) is 16.2. The van der Waals surface area contributed by atoms with Gasteiger partial charge in [0, 0.05) is 24.5 Å². The van der Waals surface area contributed by atoms with E-state index in [2.05, 4.69) is 4.90 Å². The summed E-state index contributed by atoms with van der Waals surface area (Å²) in [4.78, 5) is 26.1. The minimum Gasteiger partial charge on any atom is -0.507 e. The highest BCUT2D eigenvalue weighted by molar-refractivity contribution is 5.86. The van der Waals surface area contributed by atoms with Crippen LogP contribution in [0.3, 0.4) is 0 Å². The van der Waals surface area contributed by atoms with Gasteiger partial charge in [0.1, 0.15) is 11.3 Å². The summed E-state index contributed by atoms with van der Waals surface area (Å²) in [6.07, 6.45) is 2.38. The molecule has 0 unspecified atom stereocenters. The molecule has 0 amide bonds. The number of carbonyl (C=O) groups is 1. The van der Waals surface area contributed by atoms with Crippen molar-refractivity contribution in [2.45, 2.75) is 46.6 Å². The Morgan fingerprint density at radius 3 is 2.85 bits per heavy atom. The molecule has 6 nitrogen and oxygen atoms in total. The first-order chi connectivity index (χ1) is 12.9. The third-order valence-electron chi connectivity index (χ3n) is 5.28. The van der Waals surface area contributed by atoms with E-state index in [1.54, 1.807) is 0 Å². The van der Waals surface area contributed by atoms with E-state index in [0.717, 1.165) is 35.9 Å². The summed E-state index contributed by atoms with van der Waals surface area (Å²) in [6.45, 7) is 7.87. The number of ether oxygens (including phenoxy) is 1. The number of rotatable bonds is 5. The van der Waals surface area contributed by atoms with Crippen molar-refractivity contribution in [2.24, 2.45) is 5.92 Å². The standard InChI is InChI=1S/C21H27NO5/c1-4-14-10-16-13(3)9-18(23)27-20(16)17(19(14)24)12-22-8-6-7-15(11-22)21(25)26-5-2/h9-10,15,24H,4-8,11-12H2,1-3H3/t15-/m0/s1. The van der Waals surface area contributed by atoms with Crippen molar-refractivity contribution < 1.29 is 19.1 Å². The number of esters is 1. The van der Waals surface area contributed by atoms with Gasteiger partial charge in [-0.15, -0.1) is 0 Å². The van der Waals surface area contributed by atoms with Crippen LogP contribution in [0.25, 0.3) is 11.0 Å². The molecular formula is C21H27NO5. The van der Waals surface area contributed by atoms with Gasteiger partial charge in [0.25, 0.3) is 0 Å². The minimum absolute atomic E-state index is 0.157. The van der Waals surface area contributed by atoms with E-state index in [4.69, 9.17) is 9.15 Å². The summed E-state index contributed by atoms with van der Waals surface area (Å²) in [5.74, 6) is -0.145. The Kier molecular flexibility index (Phi) is 5.85. The van der Waals surface area contributed by atoms with Crippen molar-refractivity contribution in [2.75, 3.05) is 19.7 Å². The SMILES string of the molecule is CCOC(=O)[C@H]1CCCN(Cc2c(O)c(CC)cc3c(C)cc(=O)oc23)C1. The van der Waals surface area contributed by atoms with Crippen molar-refractivity contribution in [3.63, 3.8) is 0 Å². The number of likely N-dealkylation sites (tertiary alicyclic amines) is 1. The van der Waals surface area contributed by atoms with E-state index >= 15 is 0 Å². The summed E-state index contributed by atoms with van der Waals surface area (Å²) in [6, 6.07) is 3.37. The normalized spacial score (nSPS) is 18.0. The Morgan fingerprint density at radius 1 is 1.37 bits per heavy atom. The first kappa shape index (κ1) is 19.4. The lowest BCUT2D eigenvalue weighted by Gasteiger charge is -2.31. The van der Waals surface area contributed by atoms with Crippen LogP contribution >= 0.6 is 0 Å². The number of carbonyl (C=O) groups excluding carboxylic acids is 1. The van der Waals surface area contributed by atoms with Gasteiger partial charge in [-0.05, 0) is 56.8 Å². The molecule has 1 aliphatic rings. The highest BCUT2D eigenvalue weighted by Gasteiger charge is 2.28. The molecule has 1 aromatic heterocycles. The van der Waals surface area contributed by atoms with Crippen LogP contribution in [0, 0.1) is 12.8 Å². The van der Waals surface area contributed by atoms with Gasteiger partial charge in [-0.25, -0.2) is 4.79 Å². The van der Waals surface area contributed by atoms with Crippen molar-refractivity contribution in [3.05, 3.63) is 39.2 Å². The van der Waals surface area contributed by atoms with Crippen molar-refractivity contribution in [3.8, 4) is 5.75 Å². The molecule has 0 radical (unpaired) electrons. The summed E-state index contributed by atoms with van der Waals surface area (Å²) in [7, 11) is 0. The molecule has 1 aromatic carbocycles. The van der Waals surface area contributed by atoms with Crippen LogP contribution < -0.4 is 5.63 Å². The highest BCUT2D eigenvalue weighted by atomic mass is 16.5. The number of phenols is 1. The molecule has 0 saturated carbocycles. The number of piperidine rings is 1. The number of aryl methyl sites for hydroxylation is 2. The van der Waals surface area contributed by atoms with Crippen LogP contribution in [-0.2, 0) is 22.5 Å². The number of hydrogen-bond acceptors (Lipinski definition) is 6. The van der Waals surface area contributed by atoms with Gasteiger partial charge < -0.3 is 14.3 Å². The molecule has 146 valence electrons. The smallest absolute Gasteiger partial charge is 0.336 e. The zero-order valence-corrected chi connectivity index (χ0v) is 16.2. The highest BCUT2D eigenvalue weighted by Crippen LogP contribution is 2.34. The average Bonchev–Trinajstić information content (AvgIpc) is 2.64. The lowest BCUT2D eigenvalue weighted by atomic mass is 9.96. The molecule has 0 aliphatic carbocycles. The maximum atomic E-state index is 12.1. The lowest BCUT2D eigenvalue weighted by molar-refractivity contribution is -0.150. The van der Waals surface area contributed by atoms with Gasteiger partial charge in [0.2, 0.25) is 0 Å². The minimum atomic E-state index is -0.423. The first-order valence-electron chi connectivity index (χ1n) is 9.61. The maximum Gasteiger partial charge on any atom is 0.336 e. The van der Waals surface area contributed by atoms with E-state index in [1.807, 2.05) is 26.8 Å². The number of benzene rings is 1. The largest absolute Gasteiger partial charge is 0.507 e. The molecule has 1 fully saturated rings. The fourth-order valence-electron chi connectivity index (χ4n) is 3.86. The second kappa shape index (κ2) is 8.13. The molecule has 2 heterocycles. The Balaban J connectivity index is 1.97. The van der Waals surface area contributed by atoms with Gasteiger partial charge in [-0.2, -0.15) is 0 Å². The van der Waals surface area contributed by atoms with Crippen LogP contribution in [0.5, 0.6) is 5.75 Å². The fraction of sp³-hybridized carbons (Fsp3) is 0.524. The monoisotopic (exact) mass is 373 g/mol. The maximum absolute atomic E-state index is 12.1. The van der Waals surface area contributed by atoms with E-state index in [1.165, 1.54) is 6.07 Å². The van der Waals surface area contributed by atoms with E-state index < -0.39 is 5.63 Å². The molecule has 0 spiro atoms. The fourth-order valence-corrected chi connectivity index (χ4v) is 3.86. The van der Waals surface area contributed by atoms with E-state index in [9.17, 15) is 14.7 Å². The van der Waals surface area contributed by atoms with E-state index in [-0.39, 0.29) is 17.6 Å². The van der Waals surface area contributed by atoms with Crippen LogP contribution in [0.15, 0.2) is 21.3 Å². The molecular weight excluding hydrogens is 346 g/mol. The van der Waals surface area contributed by atoms with Gasteiger partial charge in [0.05, 0.1) is 18.1 Å². The molecule has 1 aliphatic heterocycles. The third kappa shape index (κ3) is 4.00. The molecule has 1 saturated heterocycles. The number of phenolic OH excluding ortho intramolecular Hbond substituents is 1. The Labute approximate surface area is 158 Å². The molecule has 1 atom stereocenters. The number of nitrogens with zero attached hydrogens (tertiary/aromatic N) is 1. The van der Waals surface area contributed by atoms with E-state index in [0.29, 0.717) is 37.3 Å². The molecule has 0 bridgehead atoms. The average molecular weight is 373 g/mol.